The van der Waals surface area contributed by atoms with Gasteiger partial charge < -0.3 is 4.98 Å². The molecule has 0 atom stereocenters. The van der Waals surface area contributed by atoms with Crippen LogP contribution in [0.15, 0.2) is 41.3 Å². The standard InChI is InChI=1S/C19H20N4O/c1-2-18-20-10-14-7-8-23(12-17(14)22-18)11-15-9-13-5-3-4-6-16(13)19(24)21-15/h3-6,9-10H,2,7-8,11-12H2,1H3,(H,21,24). The average molecular weight is 320 g/mol. The van der Waals surface area contributed by atoms with E-state index in [9.17, 15) is 4.79 Å². The largest absolute Gasteiger partial charge is 0.324 e. The van der Waals surface area contributed by atoms with Gasteiger partial charge in [0.25, 0.3) is 5.56 Å². The van der Waals surface area contributed by atoms with E-state index >= 15 is 0 Å². The summed E-state index contributed by atoms with van der Waals surface area (Å²) in [6.07, 6.45) is 3.78. The average Bonchev–Trinajstić information content (AvgIpc) is 2.61. The number of nitrogens with one attached hydrogen (secondary N) is 1. The second-order valence-corrected chi connectivity index (χ2v) is 6.28. The molecule has 0 fully saturated rings. The molecule has 0 spiro atoms. The molecule has 0 saturated heterocycles. The van der Waals surface area contributed by atoms with E-state index in [0.29, 0.717) is 0 Å². The zero-order valence-corrected chi connectivity index (χ0v) is 13.7. The van der Waals surface area contributed by atoms with Gasteiger partial charge in [0, 0.05) is 43.3 Å². The Morgan fingerprint density at radius 2 is 2.17 bits per heavy atom. The van der Waals surface area contributed by atoms with Gasteiger partial charge in [-0.15, -0.1) is 0 Å². The Labute approximate surface area is 140 Å². The molecular weight excluding hydrogens is 300 g/mol. The van der Waals surface area contributed by atoms with Crippen LogP contribution in [0.3, 0.4) is 0 Å². The summed E-state index contributed by atoms with van der Waals surface area (Å²) < 4.78 is 0. The summed E-state index contributed by atoms with van der Waals surface area (Å²) in [6.45, 7) is 4.56. The van der Waals surface area contributed by atoms with Crippen molar-refractivity contribution in [2.75, 3.05) is 6.54 Å². The fourth-order valence-electron chi connectivity index (χ4n) is 3.30. The lowest BCUT2D eigenvalue weighted by atomic mass is 10.1. The Morgan fingerprint density at radius 1 is 1.29 bits per heavy atom. The first-order chi connectivity index (χ1) is 11.7. The maximum atomic E-state index is 12.2. The number of fused-ring (bicyclic) bond motifs is 2. The van der Waals surface area contributed by atoms with Crippen LogP contribution >= 0.6 is 0 Å². The van der Waals surface area contributed by atoms with Crippen molar-refractivity contribution in [1.29, 1.82) is 0 Å². The van der Waals surface area contributed by atoms with Crippen molar-refractivity contribution in [1.82, 2.24) is 19.9 Å². The van der Waals surface area contributed by atoms with Gasteiger partial charge in [-0.05, 0) is 29.5 Å². The van der Waals surface area contributed by atoms with E-state index in [-0.39, 0.29) is 5.56 Å². The predicted octanol–water partition coefficient (Wildman–Crippen LogP) is 2.44. The van der Waals surface area contributed by atoms with E-state index in [1.807, 2.05) is 30.5 Å². The minimum absolute atomic E-state index is 0.0175. The van der Waals surface area contributed by atoms with Crippen molar-refractivity contribution in [3.8, 4) is 0 Å². The number of aromatic amines is 1. The van der Waals surface area contributed by atoms with Crippen molar-refractivity contribution in [3.05, 3.63) is 69.7 Å². The summed E-state index contributed by atoms with van der Waals surface area (Å²) in [5, 5.41) is 1.73. The molecule has 0 radical (unpaired) electrons. The maximum absolute atomic E-state index is 12.2. The van der Waals surface area contributed by atoms with Crippen molar-refractivity contribution >= 4 is 10.8 Å². The molecule has 5 nitrogen and oxygen atoms in total. The van der Waals surface area contributed by atoms with Crippen LogP contribution in [0.25, 0.3) is 10.8 Å². The summed E-state index contributed by atoms with van der Waals surface area (Å²) in [5.74, 6) is 0.898. The van der Waals surface area contributed by atoms with Crippen molar-refractivity contribution < 1.29 is 0 Å². The zero-order valence-electron chi connectivity index (χ0n) is 13.7. The Hall–Kier alpha value is -2.53. The van der Waals surface area contributed by atoms with Crippen LogP contribution in [-0.4, -0.2) is 26.4 Å². The second kappa shape index (κ2) is 6.17. The molecule has 1 aromatic carbocycles. The molecule has 0 aliphatic carbocycles. The normalized spacial score (nSPS) is 14.7. The van der Waals surface area contributed by atoms with Gasteiger partial charge in [-0.25, -0.2) is 9.97 Å². The van der Waals surface area contributed by atoms with Crippen molar-refractivity contribution in [2.24, 2.45) is 0 Å². The van der Waals surface area contributed by atoms with Crippen LogP contribution in [0.2, 0.25) is 0 Å². The van der Waals surface area contributed by atoms with E-state index in [1.54, 1.807) is 0 Å². The topological polar surface area (TPSA) is 61.9 Å². The van der Waals surface area contributed by atoms with Gasteiger partial charge in [0.05, 0.1) is 5.69 Å². The Bertz CT molecular complexity index is 947. The van der Waals surface area contributed by atoms with E-state index in [4.69, 9.17) is 0 Å². The quantitative estimate of drug-likeness (QED) is 0.805. The third kappa shape index (κ3) is 2.83. The Kier molecular flexibility index (Phi) is 3.86. The number of pyridine rings is 1. The summed E-state index contributed by atoms with van der Waals surface area (Å²) >= 11 is 0. The van der Waals surface area contributed by atoms with Crippen LogP contribution in [0.4, 0.5) is 0 Å². The molecule has 122 valence electrons. The molecule has 2 aromatic heterocycles. The van der Waals surface area contributed by atoms with Gasteiger partial charge in [0.2, 0.25) is 0 Å². The lowest BCUT2D eigenvalue weighted by Crippen LogP contribution is -2.32. The monoisotopic (exact) mass is 320 g/mol. The van der Waals surface area contributed by atoms with Gasteiger partial charge in [-0.3, -0.25) is 9.69 Å². The van der Waals surface area contributed by atoms with E-state index < -0.39 is 0 Å². The molecular formula is C19H20N4O. The third-order valence-electron chi connectivity index (χ3n) is 4.59. The van der Waals surface area contributed by atoms with Crippen LogP contribution in [-0.2, 0) is 25.9 Å². The summed E-state index contributed by atoms with van der Waals surface area (Å²) in [4.78, 5) is 26.6. The Morgan fingerprint density at radius 3 is 3.04 bits per heavy atom. The van der Waals surface area contributed by atoms with Crippen molar-refractivity contribution in [2.45, 2.75) is 32.9 Å². The molecule has 24 heavy (non-hydrogen) atoms. The lowest BCUT2D eigenvalue weighted by Gasteiger charge is -2.27. The molecule has 0 unspecified atom stereocenters. The summed E-state index contributed by atoms with van der Waals surface area (Å²) in [7, 11) is 0. The molecule has 3 aromatic rings. The molecule has 0 bridgehead atoms. The number of benzene rings is 1. The van der Waals surface area contributed by atoms with Crippen LogP contribution < -0.4 is 5.56 Å². The summed E-state index contributed by atoms with van der Waals surface area (Å²) in [5.41, 5.74) is 3.30. The predicted molar refractivity (Wildman–Crippen MR) is 93.8 cm³/mol. The molecule has 0 amide bonds. The smallest absolute Gasteiger partial charge is 0.256 e. The van der Waals surface area contributed by atoms with Crippen LogP contribution in [0, 0.1) is 0 Å². The van der Waals surface area contributed by atoms with Gasteiger partial charge in [0.15, 0.2) is 0 Å². The van der Waals surface area contributed by atoms with E-state index in [1.165, 1.54) is 5.56 Å². The number of hydrogen-bond donors (Lipinski definition) is 1. The highest BCUT2D eigenvalue weighted by atomic mass is 16.1. The second-order valence-electron chi connectivity index (χ2n) is 6.28. The highest BCUT2D eigenvalue weighted by Gasteiger charge is 2.19. The molecule has 3 heterocycles. The van der Waals surface area contributed by atoms with Gasteiger partial charge >= 0.3 is 0 Å². The SMILES string of the molecule is CCc1ncc2c(n1)CN(Cc1cc3ccccc3c(=O)[nH]1)CC2. The maximum Gasteiger partial charge on any atom is 0.256 e. The molecule has 4 rings (SSSR count). The fraction of sp³-hybridized carbons (Fsp3) is 0.316. The fourth-order valence-corrected chi connectivity index (χ4v) is 3.30. The minimum Gasteiger partial charge on any atom is -0.324 e. The molecule has 0 saturated carbocycles. The highest BCUT2D eigenvalue weighted by molar-refractivity contribution is 5.81. The number of H-pyrrole nitrogens is 1. The molecule has 5 heteroatoms. The number of nitrogens with zero attached hydrogens (tertiary/aromatic N) is 3. The molecule has 1 N–H and O–H groups in total. The number of hydrogen-bond acceptors (Lipinski definition) is 4. The Balaban J connectivity index is 1.59. The number of rotatable bonds is 3. The number of aromatic nitrogens is 3. The third-order valence-corrected chi connectivity index (χ3v) is 4.59. The summed E-state index contributed by atoms with van der Waals surface area (Å²) in [6, 6.07) is 9.78. The van der Waals surface area contributed by atoms with Gasteiger partial charge in [0.1, 0.15) is 5.82 Å². The molecule has 1 aliphatic rings. The van der Waals surface area contributed by atoms with E-state index in [0.717, 1.165) is 60.5 Å². The van der Waals surface area contributed by atoms with E-state index in [2.05, 4.69) is 32.8 Å². The zero-order chi connectivity index (χ0) is 16.5. The minimum atomic E-state index is -0.0175. The van der Waals surface area contributed by atoms with Gasteiger partial charge in [-0.2, -0.15) is 0 Å². The van der Waals surface area contributed by atoms with Gasteiger partial charge in [-0.1, -0.05) is 25.1 Å². The van der Waals surface area contributed by atoms with Crippen molar-refractivity contribution in [3.63, 3.8) is 0 Å². The lowest BCUT2D eigenvalue weighted by molar-refractivity contribution is 0.238. The van der Waals surface area contributed by atoms with Crippen LogP contribution in [0.5, 0.6) is 0 Å². The highest BCUT2D eigenvalue weighted by Crippen LogP contribution is 2.19. The number of aryl methyl sites for hydroxylation is 1. The van der Waals surface area contributed by atoms with Crippen LogP contribution in [0.1, 0.15) is 29.7 Å². The first kappa shape index (κ1) is 15.0. The first-order valence-electron chi connectivity index (χ1n) is 8.40. The molecule has 1 aliphatic heterocycles. The first-order valence-corrected chi connectivity index (χ1v) is 8.40.